The summed E-state index contributed by atoms with van der Waals surface area (Å²) in [7, 11) is 0. The number of thiol groups is 1. The molecule has 0 fully saturated rings. The number of fused-ring (bicyclic) bond motifs is 1. The number of aromatic nitrogens is 1. The van der Waals surface area contributed by atoms with Gasteiger partial charge >= 0.3 is 6.03 Å². The van der Waals surface area contributed by atoms with Crippen LogP contribution in [-0.2, 0) is 0 Å². The van der Waals surface area contributed by atoms with Crippen LogP contribution in [0.25, 0.3) is 10.2 Å². The molecule has 0 unspecified atom stereocenters. The Kier molecular flexibility index (Phi) is 4.18. The maximum absolute atomic E-state index is 12.2. The summed E-state index contributed by atoms with van der Waals surface area (Å²) in [5.74, 6) is -0.525. The molecule has 1 heterocycles. The Morgan fingerprint density at radius 3 is 2.61 bits per heavy atom. The molecule has 0 aliphatic rings. The molecular formula is C15H12N4O2S2. The quantitative estimate of drug-likeness (QED) is 0.637. The molecule has 0 aliphatic carbocycles. The molecule has 8 heteroatoms. The molecule has 116 valence electrons. The number of nitrogens with one attached hydrogen (secondary N) is 1. The van der Waals surface area contributed by atoms with E-state index in [4.69, 9.17) is 5.73 Å². The third-order valence-electron chi connectivity index (χ3n) is 3.17. The summed E-state index contributed by atoms with van der Waals surface area (Å²) < 4.78 is 2.20. The van der Waals surface area contributed by atoms with E-state index >= 15 is 0 Å². The largest absolute Gasteiger partial charge is 0.366 e. The number of carbonyl (C=O) groups excluding carboxylic acids is 2. The van der Waals surface area contributed by atoms with Gasteiger partial charge in [0.1, 0.15) is 0 Å². The number of hydrogen-bond acceptors (Lipinski definition) is 5. The van der Waals surface area contributed by atoms with Gasteiger partial charge in [0.05, 0.1) is 21.4 Å². The van der Waals surface area contributed by atoms with Gasteiger partial charge in [0, 0.05) is 11.3 Å². The number of anilines is 2. The first-order valence-electron chi connectivity index (χ1n) is 6.58. The van der Waals surface area contributed by atoms with Crippen molar-refractivity contribution in [1.29, 1.82) is 0 Å². The number of urea groups is 1. The minimum atomic E-state index is -0.525. The number of rotatable bonds is 3. The van der Waals surface area contributed by atoms with Crippen molar-refractivity contribution >= 4 is 57.7 Å². The Morgan fingerprint density at radius 2 is 1.91 bits per heavy atom. The fourth-order valence-corrected chi connectivity index (χ4v) is 2.84. The normalized spacial score (nSPS) is 10.5. The topological polar surface area (TPSA) is 88.3 Å². The van der Waals surface area contributed by atoms with Gasteiger partial charge in [-0.25, -0.2) is 14.1 Å². The van der Waals surface area contributed by atoms with Crippen LogP contribution < -0.4 is 15.4 Å². The molecule has 2 aromatic carbocycles. The third kappa shape index (κ3) is 3.27. The molecule has 0 aliphatic heterocycles. The van der Waals surface area contributed by atoms with Gasteiger partial charge < -0.3 is 11.1 Å². The first-order chi connectivity index (χ1) is 11.0. The van der Waals surface area contributed by atoms with Crippen molar-refractivity contribution in [1.82, 2.24) is 4.98 Å². The van der Waals surface area contributed by atoms with Crippen LogP contribution in [0.3, 0.4) is 0 Å². The SMILES string of the molecule is NC(=O)c1ccc(N(S)C(=O)Nc2ccc3scnc3c2)cc1. The lowest BCUT2D eigenvalue weighted by molar-refractivity contribution is 0.100. The predicted octanol–water partition coefficient (Wildman–Crippen LogP) is 3.28. The molecule has 3 rings (SSSR count). The van der Waals surface area contributed by atoms with Crippen LogP contribution >= 0.6 is 24.2 Å². The van der Waals surface area contributed by atoms with Crippen LogP contribution in [0.15, 0.2) is 48.0 Å². The molecule has 0 bridgehead atoms. The number of carbonyl (C=O) groups is 2. The summed E-state index contributed by atoms with van der Waals surface area (Å²) >= 11 is 5.72. The lowest BCUT2D eigenvalue weighted by Gasteiger charge is -2.16. The van der Waals surface area contributed by atoms with Gasteiger partial charge in [0.2, 0.25) is 5.91 Å². The maximum atomic E-state index is 12.2. The van der Waals surface area contributed by atoms with Crippen molar-refractivity contribution in [2.45, 2.75) is 0 Å². The summed E-state index contributed by atoms with van der Waals surface area (Å²) in [6.07, 6.45) is 0. The Morgan fingerprint density at radius 1 is 1.17 bits per heavy atom. The zero-order valence-corrected chi connectivity index (χ0v) is 13.5. The number of thiazole rings is 1. The highest BCUT2D eigenvalue weighted by atomic mass is 32.1. The molecule has 3 aromatic rings. The van der Waals surface area contributed by atoms with Crippen molar-refractivity contribution < 1.29 is 9.59 Å². The number of hydrogen-bond donors (Lipinski definition) is 3. The Bertz CT molecular complexity index is 877. The van der Waals surface area contributed by atoms with Gasteiger partial charge in [-0.15, -0.1) is 11.3 Å². The lowest BCUT2D eigenvalue weighted by atomic mass is 10.2. The van der Waals surface area contributed by atoms with Gasteiger partial charge in [0.15, 0.2) is 0 Å². The second-order valence-electron chi connectivity index (χ2n) is 4.69. The smallest absolute Gasteiger partial charge is 0.336 e. The Labute approximate surface area is 141 Å². The first-order valence-corrected chi connectivity index (χ1v) is 7.85. The van der Waals surface area contributed by atoms with Crippen LogP contribution in [-0.4, -0.2) is 16.9 Å². The van der Waals surface area contributed by atoms with E-state index in [1.165, 1.54) is 23.5 Å². The summed E-state index contributed by atoms with van der Waals surface area (Å²) in [5.41, 5.74) is 9.27. The lowest BCUT2D eigenvalue weighted by Crippen LogP contribution is -2.26. The van der Waals surface area contributed by atoms with Crippen molar-refractivity contribution in [3.63, 3.8) is 0 Å². The predicted molar refractivity (Wildman–Crippen MR) is 95.1 cm³/mol. The fourth-order valence-electron chi connectivity index (χ4n) is 2.00. The van der Waals surface area contributed by atoms with Crippen LogP contribution in [0.1, 0.15) is 10.4 Å². The molecule has 1 aromatic heterocycles. The van der Waals surface area contributed by atoms with E-state index in [1.54, 1.807) is 29.8 Å². The van der Waals surface area contributed by atoms with E-state index < -0.39 is 11.9 Å². The second kappa shape index (κ2) is 6.27. The molecule has 23 heavy (non-hydrogen) atoms. The maximum Gasteiger partial charge on any atom is 0.336 e. The fraction of sp³-hybridized carbons (Fsp3) is 0. The van der Waals surface area contributed by atoms with Gasteiger partial charge in [0.25, 0.3) is 0 Å². The minimum Gasteiger partial charge on any atom is -0.366 e. The molecule has 0 atom stereocenters. The van der Waals surface area contributed by atoms with Gasteiger partial charge in [-0.2, -0.15) is 0 Å². The number of amides is 3. The zero-order valence-electron chi connectivity index (χ0n) is 11.8. The van der Waals surface area contributed by atoms with Crippen LogP contribution in [0, 0.1) is 0 Å². The van der Waals surface area contributed by atoms with Crippen LogP contribution in [0.2, 0.25) is 0 Å². The standard InChI is InChI=1S/C15H12N4O2S2/c16-14(20)9-1-4-11(5-2-9)19(22)15(21)18-10-3-6-13-12(7-10)17-8-23-13/h1-8,22H,(H2,16,20)(H,18,21). The van der Waals surface area contributed by atoms with Crippen LogP contribution in [0.4, 0.5) is 16.2 Å². The average Bonchev–Trinajstić information content (AvgIpc) is 3.01. The van der Waals surface area contributed by atoms with E-state index in [0.717, 1.165) is 14.5 Å². The minimum absolute atomic E-state index is 0.366. The van der Waals surface area contributed by atoms with E-state index in [9.17, 15) is 9.59 Å². The zero-order chi connectivity index (χ0) is 16.4. The van der Waals surface area contributed by atoms with Gasteiger partial charge in [-0.1, -0.05) is 12.8 Å². The van der Waals surface area contributed by atoms with E-state index in [0.29, 0.717) is 16.9 Å². The van der Waals surface area contributed by atoms with Crippen molar-refractivity contribution in [3.05, 3.63) is 53.5 Å². The summed E-state index contributed by atoms with van der Waals surface area (Å²) in [5, 5.41) is 2.74. The molecule has 3 N–H and O–H groups in total. The van der Waals surface area contributed by atoms with Crippen LogP contribution in [0.5, 0.6) is 0 Å². The van der Waals surface area contributed by atoms with Crippen molar-refractivity contribution in [2.75, 3.05) is 9.62 Å². The average molecular weight is 344 g/mol. The summed E-state index contributed by atoms with van der Waals surface area (Å²) in [4.78, 5) is 27.5. The first kappa shape index (κ1) is 15.3. The molecule has 0 saturated heterocycles. The van der Waals surface area contributed by atoms with Gasteiger partial charge in [-0.3, -0.25) is 4.79 Å². The third-order valence-corrected chi connectivity index (χ3v) is 4.39. The monoisotopic (exact) mass is 344 g/mol. The molecule has 0 radical (unpaired) electrons. The molecule has 0 saturated carbocycles. The highest BCUT2D eigenvalue weighted by molar-refractivity contribution is 7.82. The number of benzene rings is 2. The van der Waals surface area contributed by atoms with Crippen molar-refractivity contribution in [3.8, 4) is 0 Å². The second-order valence-corrected chi connectivity index (χ2v) is 5.97. The molecule has 0 spiro atoms. The summed E-state index contributed by atoms with van der Waals surface area (Å²) in [6, 6.07) is 11.3. The molecular weight excluding hydrogens is 332 g/mol. The number of nitrogens with two attached hydrogens (primary N) is 1. The van der Waals surface area contributed by atoms with E-state index in [1.807, 2.05) is 6.07 Å². The molecule has 3 amide bonds. The number of primary amides is 1. The highest BCUT2D eigenvalue weighted by Gasteiger charge is 2.13. The van der Waals surface area contributed by atoms with E-state index in [2.05, 4.69) is 23.1 Å². The van der Waals surface area contributed by atoms with Gasteiger partial charge in [-0.05, 0) is 42.5 Å². The summed E-state index contributed by atoms with van der Waals surface area (Å²) in [6.45, 7) is 0. The number of nitrogens with zero attached hydrogens (tertiary/aromatic N) is 2. The van der Waals surface area contributed by atoms with Crippen molar-refractivity contribution in [2.24, 2.45) is 5.73 Å². The van der Waals surface area contributed by atoms with E-state index in [-0.39, 0.29) is 0 Å². The Balaban J connectivity index is 1.74. The molecule has 6 nitrogen and oxygen atoms in total. The Hall–Kier alpha value is -2.58. The highest BCUT2D eigenvalue weighted by Crippen LogP contribution is 2.23.